The first-order valence-electron chi connectivity index (χ1n) is 8.70. The SMILES string of the molecule is Cc1cc(NS(=O)(=O)c2ccc(N3C(=O)CSC3c3c(Cl)cccc3Cl)cc2)no1. The van der Waals surface area contributed by atoms with Crippen molar-refractivity contribution in [3.05, 3.63) is 69.9 Å². The lowest BCUT2D eigenvalue weighted by molar-refractivity contribution is -0.115. The molecule has 30 heavy (non-hydrogen) atoms. The number of carbonyl (C=O) groups excluding carboxylic acids is 1. The van der Waals surface area contributed by atoms with Crippen LogP contribution in [-0.2, 0) is 14.8 Å². The van der Waals surface area contributed by atoms with E-state index in [1.54, 1.807) is 42.2 Å². The maximum Gasteiger partial charge on any atom is 0.263 e. The van der Waals surface area contributed by atoms with Crippen LogP contribution in [-0.4, -0.2) is 25.2 Å². The topological polar surface area (TPSA) is 92.5 Å². The Bertz CT molecular complexity index is 1190. The molecule has 0 radical (unpaired) electrons. The van der Waals surface area contributed by atoms with E-state index in [4.69, 9.17) is 27.7 Å². The van der Waals surface area contributed by atoms with Gasteiger partial charge in [-0.1, -0.05) is 34.4 Å². The van der Waals surface area contributed by atoms with Gasteiger partial charge in [0.1, 0.15) is 11.1 Å². The van der Waals surface area contributed by atoms with E-state index >= 15 is 0 Å². The number of carbonyl (C=O) groups is 1. The molecule has 1 saturated heterocycles. The largest absolute Gasteiger partial charge is 0.360 e. The molecule has 156 valence electrons. The van der Waals surface area contributed by atoms with E-state index in [-0.39, 0.29) is 22.4 Å². The highest BCUT2D eigenvalue weighted by atomic mass is 35.5. The molecule has 1 atom stereocenters. The summed E-state index contributed by atoms with van der Waals surface area (Å²) in [5.74, 6) is 0.723. The highest BCUT2D eigenvalue weighted by Gasteiger charge is 2.36. The maximum absolute atomic E-state index is 12.6. The first-order valence-corrected chi connectivity index (χ1v) is 12.0. The third-order valence-electron chi connectivity index (χ3n) is 4.41. The lowest BCUT2D eigenvalue weighted by Crippen LogP contribution is -2.28. The molecular weight excluding hydrogens is 469 g/mol. The monoisotopic (exact) mass is 483 g/mol. The van der Waals surface area contributed by atoms with Crippen LogP contribution < -0.4 is 9.62 Å². The fourth-order valence-electron chi connectivity index (χ4n) is 3.06. The van der Waals surface area contributed by atoms with Crippen molar-refractivity contribution in [2.45, 2.75) is 17.2 Å². The summed E-state index contributed by atoms with van der Waals surface area (Å²) in [4.78, 5) is 14.2. The fraction of sp³-hybridized carbons (Fsp3) is 0.158. The van der Waals surface area contributed by atoms with E-state index < -0.39 is 15.4 Å². The number of nitrogens with zero attached hydrogens (tertiary/aromatic N) is 2. The number of amides is 1. The maximum atomic E-state index is 12.6. The molecule has 2 heterocycles. The second kappa shape index (κ2) is 8.14. The number of aryl methyl sites for hydroxylation is 1. The normalized spacial score (nSPS) is 16.8. The lowest BCUT2D eigenvalue weighted by Gasteiger charge is -2.26. The van der Waals surface area contributed by atoms with E-state index in [1.807, 2.05) is 0 Å². The zero-order valence-electron chi connectivity index (χ0n) is 15.5. The highest BCUT2D eigenvalue weighted by molar-refractivity contribution is 8.00. The van der Waals surface area contributed by atoms with Gasteiger partial charge in [-0.15, -0.1) is 11.8 Å². The number of halogens is 2. The number of rotatable bonds is 5. The molecule has 1 aliphatic rings. The van der Waals surface area contributed by atoms with Gasteiger partial charge in [0, 0.05) is 27.4 Å². The molecule has 3 aromatic rings. The van der Waals surface area contributed by atoms with Gasteiger partial charge in [0.05, 0.1) is 10.6 Å². The van der Waals surface area contributed by atoms with E-state index in [0.717, 1.165) is 0 Å². The molecule has 11 heteroatoms. The van der Waals surface area contributed by atoms with Gasteiger partial charge in [-0.25, -0.2) is 8.42 Å². The van der Waals surface area contributed by atoms with Crippen molar-refractivity contribution in [2.24, 2.45) is 0 Å². The fourth-order valence-corrected chi connectivity index (χ4v) is 6.03. The summed E-state index contributed by atoms with van der Waals surface area (Å²) in [6.07, 6.45) is 0. The van der Waals surface area contributed by atoms with Gasteiger partial charge in [-0.05, 0) is 43.3 Å². The smallest absolute Gasteiger partial charge is 0.263 e. The van der Waals surface area contributed by atoms with Gasteiger partial charge in [0.25, 0.3) is 10.0 Å². The minimum absolute atomic E-state index is 0.0264. The molecule has 0 bridgehead atoms. The number of sulfonamides is 1. The second-order valence-electron chi connectivity index (χ2n) is 6.48. The Morgan fingerprint density at radius 2 is 1.83 bits per heavy atom. The highest BCUT2D eigenvalue weighted by Crippen LogP contribution is 2.46. The number of anilines is 2. The molecule has 7 nitrogen and oxygen atoms in total. The molecule has 4 rings (SSSR count). The first-order chi connectivity index (χ1) is 14.3. The molecule has 1 unspecified atom stereocenters. The Balaban J connectivity index is 1.63. The Labute approximate surface area is 187 Å². The molecule has 0 saturated carbocycles. The number of aromatic nitrogens is 1. The van der Waals surface area contributed by atoms with Crippen LogP contribution in [0.4, 0.5) is 11.5 Å². The Morgan fingerprint density at radius 3 is 2.43 bits per heavy atom. The number of hydrogen-bond donors (Lipinski definition) is 1. The standard InChI is InChI=1S/C19H15Cl2N3O4S2/c1-11-9-16(22-28-11)23-30(26,27)13-7-5-12(6-8-13)24-17(25)10-29-19(24)18-14(20)3-2-4-15(18)21/h2-9,19H,10H2,1H3,(H,22,23). The number of nitrogens with one attached hydrogen (secondary N) is 1. The molecular formula is C19H15Cl2N3O4S2. The molecule has 1 fully saturated rings. The zero-order chi connectivity index (χ0) is 21.5. The number of hydrogen-bond acceptors (Lipinski definition) is 6. The van der Waals surface area contributed by atoms with Crippen molar-refractivity contribution < 1.29 is 17.7 Å². The van der Waals surface area contributed by atoms with Crippen LogP contribution in [0.15, 0.2) is 57.9 Å². The number of thioether (sulfide) groups is 1. The summed E-state index contributed by atoms with van der Waals surface area (Å²) in [6, 6.07) is 12.6. The molecule has 1 N–H and O–H groups in total. The predicted octanol–water partition coefficient (Wildman–Crippen LogP) is 4.87. The van der Waals surface area contributed by atoms with Gasteiger partial charge >= 0.3 is 0 Å². The molecule has 0 spiro atoms. The zero-order valence-corrected chi connectivity index (χ0v) is 18.6. The van der Waals surface area contributed by atoms with Crippen molar-refractivity contribution in [1.29, 1.82) is 0 Å². The Kier molecular flexibility index (Phi) is 5.71. The summed E-state index contributed by atoms with van der Waals surface area (Å²) in [5, 5.41) is 4.15. The minimum Gasteiger partial charge on any atom is -0.360 e. The third kappa shape index (κ3) is 4.02. The van der Waals surface area contributed by atoms with Gasteiger partial charge < -0.3 is 4.52 Å². The van der Waals surface area contributed by atoms with Gasteiger partial charge in [0.2, 0.25) is 5.91 Å². The molecule has 1 aromatic heterocycles. The van der Waals surface area contributed by atoms with E-state index in [9.17, 15) is 13.2 Å². The van der Waals surface area contributed by atoms with E-state index in [0.29, 0.717) is 27.1 Å². The summed E-state index contributed by atoms with van der Waals surface area (Å²) < 4.78 is 32.4. The van der Waals surface area contributed by atoms with Crippen LogP contribution in [0.1, 0.15) is 16.7 Å². The summed E-state index contributed by atoms with van der Waals surface area (Å²) in [5.41, 5.74) is 1.19. The van der Waals surface area contributed by atoms with Crippen LogP contribution >= 0.6 is 35.0 Å². The van der Waals surface area contributed by atoms with Crippen molar-refractivity contribution in [1.82, 2.24) is 5.16 Å². The van der Waals surface area contributed by atoms with Gasteiger partial charge in [-0.2, -0.15) is 0 Å². The predicted molar refractivity (Wildman–Crippen MR) is 118 cm³/mol. The van der Waals surface area contributed by atoms with Crippen LogP contribution in [0.3, 0.4) is 0 Å². The number of benzene rings is 2. The van der Waals surface area contributed by atoms with Crippen LogP contribution in [0.2, 0.25) is 10.0 Å². The summed E-state index contributed by atoms with van der Waals surface area (Å²) >= 11 is 14.1. The van der Waals surface area contributed by atoms with Crippen molar-refractivity contribution in [2.75, 3.05) is 15.4 Å². The second-order valence-corrected chi connectivity index (χ2v) is 10.0. The molecule has 2 aromatic carbocycles. The van der Waals surface area contributed by atoms with Crippen LogP contribution in [0.5, 0.6) is 0 Å². The van der Waals surface area contributed by atoms with Crippen molar-refractivity contribution in [3.8, 4) is 0 Å². The quantitative estimate of drug-likeness (QED) is 0.556. The molecule has 1 amide bonds. The van der Waals surface area contributed by atoms with Crippen LogP contribution in [0.25, 0.3) is 0 Å². The third-order valence-corrected chi connectivity index (χ3v) is 7.61. The van der Waals surface area contributed by atoms with Crippen molar-refractivity contribution in [3.63, 3.8) is 0 Å². The lowest BCUT2D eigenvalue weighted by atomic mass is 10.2. The molecule has 1 aliphatic heterocycles. The summed E-state index contributed by atoms with van der Waals surface area (Å²) in [7, 11) is -3.86. The Hall–Kier alpha value is -2.20. The van der Waals surface area contributed by atoms with E-state index in [1.165, 1.54) is 30.0 Å². The minimum atomic E-state index is -3.86. The first kappa shape index (κ1) is 21.0. The van der Waals surface area contributed by atoms with Gasteiger partial charge in [-0.3, -0.25) is 14.4 Å². The van der Waals surface area contributed by atoms with E-state index in [2.05, 4.69) is 9.88 Å². The Morgan fingerprint density at radius 1 is 1.17 bits per heavy atom. The molecule has 0 aliphatic carbocycles. The van der Waals surface area contributed by atoms with Crippen molar-refractivity contribution >= 4 is 62.4 Å². The van der Waals surface area contributed by atoms with Crippen LogP contribution in [0, 0.1) is 6.92 Å². The average molecular weight is 484 g/mol. The van der Waals surface area contributed by atoms with Gasteiger partial charge in [0.15, 0.2) is 5.82 Å². The summed E-state index contributed by atoms with van der Waals surface area (Å²) in [6.45, 7) is 1.66. The average Bonchev–Trinajstić information content (AvgIpc) is 3.27.